The number of rotatable bonds is 4. The van der Waals surface area contributed by atoms with Gasteiger partial charge in [-0.05, 0) is 37.0 Å². The minimum Gasteiger partial charge on any atom is -0.398 e. The number of amides is 1. The van der Waals surface area contributed by atoms with Gasteiger partial charge in [0, 0.05) is 31.6 Å². The average Bonchev–Trinajstić information content (AvgIpc) is 2.40. The van der Waals surface area contributed by atoms with Crippen LogP contribution in [-0.4, -0.2) is 32.7 Å². The molecule has 1 atom stereocenters. The Hall–Kier alpha value is -1.75. The van der Waals surface area contributed by atoms with Crippen molar-refractivity contribution >= 4 is 17.3 Å². The van der Waals surface area contributed by atoms with Crippen LogP contribution in [0.5, 0.6) is 0 Å². The number of hydrogen-bond acceptors (Lipinski definition) is 4. The van der Waals surface area contributed by atoms with Crippen molar-refractivity contribution in [1.29, 1.82) is 0 Å². The average molecular weight is 263 g/mol. The fourth-order valence-electron chi connectivity index (χ4n) is 2.44. The molecular formula is C14H21N3O2. The Morgan fingerprint density at radius 2 is 2.32 bits per heavy atom. The Labute approximate surface area is 113 Å². The molecule has 1 saturated heterocycles. The number of nitrogens with two attached hydrogens (primary N) is 2. The normalized spacial score (nSPS) is 19.1. The van der Waals surface area contributed by atoms with Gasteiger partial charge in [-0.3, -0.25) is 4.79 Å². The van der Waals surface area contributed by atoms with Crippen LogP contribution in [0.15, 0.2) is 18.2 Å². The predicted molar refractivity (Wildman–Crippen MR) is 76.2 cm³/mol. The molecule has 5 heteroatoms. The van der Waals surface area contributed by atoms with E-state index in [1.807, 2.05) is 13.1 Å². The van der Waals surface area contributed by atoms with Crippen LogP contribution in [-0.2, 0) is 4.74 Å². The van der Waals surface area contributed by atoms with E-state index in [0.717, 1.165) is 31.9 Å². The van der Waals surface area contributed by atoms with Crippen molar-refractivity contribution in [2.45, 2.75) is 12.8 Å². The molecule has 1 aromatic carbocycles. The highest BCUT2D eigenvalue weighted by Crippen LogP contribution is 2.22. The summed E-state index contributed by atoms with van der Waals surface area (Å²) in [6.07, 6.45) is 2.30. The van der Waals surface area contributed by atoms with E-state index in [-0.39, 0.29) is 0 Å². The maximum absolute atomic E-state index is 11.3. The van der Waals surface area contributed by atoms with Crippen LogP contribution < -0.4 is 16.4 Å². The van der Waals surface area contributed by atoms with Gasteiger partial charge in [0.25, 0.3) is 5.91 Å². The Morgan fingerprint density at radius 1 is 1.53 bits per heavy atom. The van der Waals surface area contributed by atoms with Crippen LogP contribution in [0.25, 0.3) is 0 Å². The zero-order chi connectivity index (χ0) is 13.8. The van der Waals surface area contributed by atoms with Crippen molar-refractivity contribution in [2.24, 2.45) is 11.7 Å². The van der Waals surface area contributed by atoms with Crippen LogP contribution in [0.3, 0.4) is 0 Å². The first kappa shape index (κ1) is 13.7. The molecule has 0 spiro atoms. The summed E-state index contributed by atoms with van der Waals surface area (Å²) in [5.74, 6) is 0.0436. The first-order valence-electron chi connectivity index (χ1n) is 6.56. The molecule has 0 saturated carbocycles. The fourth-order valence-corrected chi connectivity index (χ4v) is 2.44. The highest BCUT2D eigenvalue weighted by Gasteiger charge is 2.17. The van der Waals surface area contributed by atoms with Gasteiger partial charge < -0.3 is 21.1 Å². The highest BCUT2D eigenvalue weighted by atomic mass is 16.5. The number of carbonyl (C=O) groups excluding carboxylic acids is 1. The largest absolute Gasteiger partial charge is 0.398 e. The number of benzene rings is 1. The lowest BCUT2D eigenvalue weighted by atomic mass is 10.0. The molecule has 1 fully saturated rings. The van der Waals surface area contributed by atoms with Gasteiger partial charge >= 0.3 is 0 Å². The third-order valence-electron chi connectivity index (χ3n) is 3.53. The molecule has 0 bridgehead atoms. The Morgan fingerprint density at radius 3 is 2.95 bits per heavy atom. The van der Waals surface area contributed by atoms with E-state index in [0.29, 0.717) is 17.2 Å². The summed E-state index contributed by atoms with van der Waals surface area (Å²) < 4.78 is 5.48. The number of primary amides is 1. The molecule has 0 radical (unpaired) electrons. The van der Waals surface area contributed by atoms with Gasteiger partial charge in [-0.25, -0.2) is 0 Å². The minimum atomic E-state index is -0.492. The summed E-state index contributed by atoms with van der Waals surface area (Å²) in [5, 5.41) is 0. The summed E-state index contributed by atoms with van der Waals surface area (Å²) in [5.41, 5.74) is 12.8. The lowest BCUT2D eigenvalue weighted by Crippen LogP contribution is -2.31. The molecule has 1 aromatic rings. The second kappa shape index (κ2) is 5.93. The third-order valence-corrected chi connectivity index (χ3v) is 3.53. The van der Waals surface area contributed by atoms with Crippen molar-refractivity contribution in [3.05, 3.63) is 23.8 Å². The van der Waals surface area contributed by atoms with Crippen LogP contribution in [0.1, 0.15) is 23.2 Å². The van der Waals surface area contributed by atoms with E-state index in [2.05, 4.69) is 4.90 Å². The molecule has 5 nitrogen and oxygen atoms in total. The van der Waals surface area contributed by atoms with Crippen molar-refractivity contribution in [3.63, 3.8) is 0 Å². The summed E-state index contributed by atoms with van der Waals surface area (Å²) in [4.78, 5) is 13.4. The predicted octanol–water partition coefficient (Wildman–Crippen LogP) is 1.23. The highest BCUT2D eigenvalue weighted by molar-refractivity contribution is 5.99. The number of carbonyl (C=O) groups is 1. The molecule has 4 N–H and O–H groups in total. The SMILES string of the molecule is CN(CC1CCCOC1)c1ccc(N)c(C(N)=O)c1. The second-order valence-corrected chi connectivity index (χ2v) is 5.10. The second-order valence-electron chi connectivity index (χ2n) is 5.10. The summed E-state index contributed by atoms with van der Waals surface area (Å²) in [6.45, 7) is 2.58. The van der Waals surface area contributed by atoms with E-state index < -0.39 is 5.91 Å². The summed E-state index contributed by atoms with van der Waals surface area (Å²) in [6, 6.07) is 5.39. The molecule has 104 valence electrons. The maximum Gasteiger partial charge on any atom is 0.250 e. The topological polar surface area (TPSA) is 81.6 Å². The molecule has 1 aliphatic rings. The molecule has 0 aliphatic carbocycles. The van der Waals surface area contributed by atoms with Crippen LogP contribution in [0.2, 0.25) is 0 Å². The number of nitrogen functional groups attached to an aromatic ring is 1. The van der Waals surface area contributed by atoms with Crippen LogP contribution in [0.4, 0.5) is 11.4 Å². The van der Waals surface area contributed by atoms with Gasteiger partial charge in [-0.2, -0.15) is 0 Å². The van der Waals surface area contributed by atoms with E-state index in [4.69, 9.17) is 16.2 Å². The standard InChI is InChI=1S/C14H21N3O2/c1-17(8-10-3-2-6-19-9-10)11-4-5-13(15)12(7-11)14(16)18/h4-5,7,10H,2-3,6,8-9,15H2,1H3,(H2,16,18). The van der Waals surface area contributed by atoms with Gasteiger partial charge in [-0.15, -0.1) is 0 Å². The smallest absolute Gasteiger partial charge is 0.250 e. The van der Waals surface area contributed by atoms with E-state index in [1.54, 1.807) is 12.1 Å². The molecular weight excluding hydrogens is 242 g/mol. The summed E-state index contributed by atoms with van der Waals surface area (Å²) >= 11 is 0. The van der Waals surface area contributed by atoms with E-state index in [1.165, 1.54) is 6.42 Å². The molecule has 0 aromatic heterocycles. The molecule has 1 heterocycles. The fraction of sp³-hybridized carbons (Fsp3) is 0.500. The van der Waals surface area contributed by atoms with E-state index >= 15 is 0 Å². The first-order valence-corrected chi connectivity index (χ1v) is 6.56. The van der Waals surface area contributed by atoms with Crippen LogP contribution >= 0.6 is 0 Å². The van der Waals surface area contributed by atoms with Crippen molar-refractivity contribution in [2.75, 3.05) is 37.4 Å². The van der Waals surface area contributed by atoms with Gasteiger partial charge in [0.1, 0.15) is 0 Å². The molecule has 1 unspecified atom stereocenters. The number of anilines is 2. The zero-order valence-electron chi connectivity index (χ0n) is 11.3. The van der Waals surface area contributed by atoms with Crippen LogP contribution in [0, 0.1) is 5.92 Å². The van der Waals surface area contributed by atoms with Crippen molar-refractivity contribution in [3.8, 4) is 0 Å². The maximum atomic E-state index is 11.3. The van der Waals surface area contributed by atoms with Crippen molar-refractivity contribution in [1.82, 2.24) is 0 Å². The molecule has 2 rings (SSSR count). The quantitative estimate of drug-likeness (QED) is 0.801. The Balaban J connectivity index is 2.07. The van der Waals surface area contributed by atoms with Gasteiger partial charge in [0.15, 0.2) is 0 Å². The van der Waals surface area contributed by atoms with Gasteiger partial charge in [-0.1, -0.05) is 0 Å². The van der Waals surface area contributed by atoms with Gasteiger partial charge in [0.05, 0.1) is 12.2 Å². The summed E-state index contributed by atoms with van der Waals surface area (Å²) in [7, 11) is 2.00. The number of hydrogen-bond donors (Lipinski definition) is 2. The Kier molecular flexibility index (Phi) is 4.27. The zero-order valence-corrected chi connectivity index (χ0v) is 11.3. The monoisotopic (exact) mass is 263 g/mol. The molecule has 1 aliphatic heterocycles. The first-order chi connectivity index (χ1) is 9.08. The third kappa shape index (κ3) is 3.38. The number of nitrogens with zero attached hydrogens (tertiary/aromatic N) is 1. The number of ether oxygens (including phenoxy) is 1. The van der Waals surface area contributed by atoms with E-state index in [9.17, 15) is 4.79 Å². The minimum absolute atomic E-state index is 0.379. The molecule has 1 amide bonds. The lowest BCUT2D eigenvalue weighted by Gasteiger charge is -2.28. The van der Waals surface area contributed by atoms with Crippen molar-refractivity contribution < 1.29 is 9.53 Å². The molecule has 19 heavy (non-hydrogen) atoms. The Bertz CT molecular complexity index is 456. The lowest BCUT2D eigenvalue weighted by molar-refractivity contribution is 0.0576. The van der Waals surface area contributed by atoms with Gasteiger partial charge in [0.2, 0.25) is 0 Å².